The summed E-state index contributed by atoms with van der Waals surface area (Å²) in [7, 11) is 0. The quantitative estimate of drug-likeness (QED) is 0.322. The molecule has 2 heteroatoms. The second-order valence-corrected chi connectivity index (χ2v) is 9.83. The van der Waals surface area contributed by atoms with Crippen molar-refractivity contribution in [1.82, 2.24) is 0 Å². The van der Waals surface area contributed by atoms with Crippen LogP contribution < -0.4 is 4.46 Å². The molecule has 0 unspecified atom stereocenters. The van der Waals surface area contributed by atoms with Gasteiger partial charge >= 0.3 is 183 Å². The molecule has 0 fully saturated rings. The second kappa shape index (κ2) is 8.05. The van der Waals surface area contributed by atoms with Crippen LogP contribution in [0.3, 0.4) is 0 Å². The summed E-state index contributed by atoms with van der Waals surface area (Å²) in [5.74, 6) is 0. The van der Waals surface area contributed by atoms with Crippen LogP contribution in [-0.2, 0) is 6.42 Å². The number of fused-ring (bicyclic) bond motifs is 2. The molecule has 4 aromatic carbocycles. The van der Waals surface area contributed by atoms with Gasteiger partial charge in [-0.05, 0) is 0 Å². The summed E-state index contributed by atoms with van der Waals surface area (Å²) in [6.45, 7) is 0. The number of halogens is 1. The van der Waals surface area contributed by atoms with Gasteiger partial charge in [-0.1, -0.05) is 0 Å². The molecule has 1 aliphatic rings. The van der Waals surface area contributed by atoms with Gasteiger partial charge < -0.3 is 0 Å². The van der Waals surface area contributed by atoms with Crippen LogP contribution in [0.2, 0.25) is 5.02 Å². The summed E-state index contributed by atoms with van der Waals surface area (Å²) >= 11 is 6.30. The molecule has 5 rings (SSSR count). The van der Waals surface area contributed by atoms with E-state index >= 15 is 0 Å². The fourth-order valence-corrected chi connectivity index (χ4v) is 6.43. The Balaban J connectivity index is 1.82. The summed E-state index contributed by atoms with van der Waals surface area (Å²) in [4.78, 5) is 0. The van der Waals surface area contributed by atoms with Crippen LogP contribution in [0.1, 0.15) is 27.8 Å². The molecule has 4 aromatic rings. The van der Waals surface area contributed by atoms with E-state index in [1.807, 2.05) is 12.1 Å². The SMILES string of the molecule is Clc1ccc([Se]C2=C(c3ccccc3)c3ccccc3Cc3ccccc32)cc1. The number of hydrogen-bond acceptors (Lipinski definition) is 0. The predicted octanol–water partition coefficient (Wildman–Crippen LogP) is 6.19. The zero-order valence-electron chi connectivity index (χ0n) is 15.8. The van der Waals surface area contributed by atoms with Crippen molar-refractivity contribution < 1.29 is 0 Å². The van der Waals surface area contributed by atoms with Crippen LogP contribution >= 0.6 is 11.6 Å². The molecular weight excluding hydrogens is 439 g/mol. The van der Waals surface area contributed by atoms with Crippen molar-refractivity contribution >= 4 is 41.1 Å². The van der Waals surface area contributed by atoms with Crippen LogP contribution in [0.15, 0.2) is 103 Å². The van der Waals surface area contributed by atoms with Gasteiger partial charge in [0.2, 0.25) is 0 Å². The van der Waals surface area contributed by atoms with E-state index in [1.54, 1.807) is 0 Å². The molecule has 0 spiro atoms. The molecule has 0 amide bonds. The molecule has 1 aliphatic carbocycles. The van der Waals surface area contributed by atoms with Crippen LogP contribution in [-0.4, -0.2) is 15.0 Å². The van der Waals surface area contributed by atoms with Crippen molar-refractivity contribution in [1.29, 1.82) is 0 Å². The number of benzene rings is 4. The molecule has 0 heterocycles. The monoisotopic (exact) mass is 458 g/mol. The van der Waals surface area contributed by atoms with Crippen molar-refractivity contribution in [2.45, 2.75) is 6.42 Å². The van der Waals surface area contributed by atoms with Gasteiger partial charge in [-0.15, -0.1) is 0 Å². The van der Waals surface area contributed by atoms with E-state index in [2.05, 4.69) is 91.0 Å². The minimum absolute atomic E-state index is 0.156. The summed E-state index contributed by atoms with van der Waals surface area (Å²) in [6.07, 6.45) is 0.961. The summed E-state index contributed by atoms with van der Waals surface area (Å²) < 4.78 is 2.77. The first-order chi connectivity index (χ1) is 14.3. The zero-order chi connectivity index (χ0) is 19.6. The number of hydrogen-bond donors (Lipinski definition) is 0. The molecule has 0 aromatic heterocycles. The van der Waals surface area contributed by atoms with Gasteiger partial charge in [-0.2, -0.15) is 0 Å². The van der Waals surface area contributed by atoms with Crippen molar-refractivity contribution in [3.8, 4) is 0 Å². The first-order valence-electron chi connectivity index (χ1n) is 9.69. The summed E-state index contributed by atoms with van der Waals surface area (Å²) in [5, 5.41) is 0.786. The summed E-state index contributed by atoms with van der Waals surface area (Å²) in [6, 6.07) is 36.9. The summed E-state index contributed by atoms with van der Waals surface area (Å²) in [5.41, 5.74) is 8.15. The number of rotatable bonds is 3. The van der Waals surface area contributed by atoms with Crippen LogP contribution in [0, 0.1) is 0 Å². The van der Waals surface area contributed by atoms with Crippen molar-refractivity contribution in [3.63, 3.8) is 0 Å². The molecule has 29 heavy (non-hydrogen) atoms. The van der Waals surface area contributed by atoms with Crippen molar-refractivity contribution in [3.05, 3.63) is 136 Å². The van der Waals surface area contributed by atoms with E-state index in [0.717, 1.165) is 11.4 Å². The molecule has 0 bridgehead atoms. The Bertz CT molecular complexity index is 1190. The predicted molar refractivity (Wildman–Crippen MR) is 125 cm³/mol. The topological polar surface area (TPSA) is 0 Å². The minimum atomic E-state index is 0.156. The van der Waals surface area contributed by atoms with E-state index < -0.39 is 0 Å². The molecule has 0 nitrogen and oxygen atoms in total. The fraction of sp³-hybridized carbons (Fsp3) is 0.0370. The maximum absolute atomic E-state index is 6.15. The first-order valence-corrected chi connectivity index (χ1v) is 11.8. The van der Waals surface area contributed by atoms with Gasteiger partial charge in [0.15, 0.2) is 0 Å². The van der Waals surface area contributed by atoms with Gasteiger partial charge in [0.25, 0.3) is 0 Å². The molecule has 0 atom stereocenters. The molecular formula is C27H19ClSe. The Morgan fingerprint density at radius 2 is 1.17 bits per heavy atom. The van der Waals surface area contributed by atoms with Crippen LogP contribution in [0.4, 0.5) is 0 Å². The van der Waals surface area contributed by atoms with E-state index in [4.69, 9.17) is 11.6 Å². The fourth-order valence-electron chi connectivity index (χ4n) is 3.89. The van der Waals surface area contributed by atoms with Gasteiger partial charge in [0.1, 0.15) is 0 Å². The van der Waals surface area contributed by atoms with Gasteiger partial charge in [0.05, 0.1) is 0 Å². The average Bonchev–Trinajstić information content (AvgIpc) is 2.90. The third-order valence-electron chi connectivity index (χ3n) is 5.25. The van der Waals surface area contributed by atoms with Crippen molar-refractivity contribution in [2.75, 3.05) is 0 Å². The van der Waals surface area contributed by atoms with Crippen LogP contribution in [0.5, 0.6) is 0 Å². The maximum atomic E-state index is 6.15. The first kappa shape index (κ1) is 18.5. The van der Waals surface area contributed by atoms with Crippen LogP contribution in [0.25, 0.3) is 10.0 Å². The third-order valence-corrected chi connectivity index (χ3v) is 7.89. The van der Waals surface area contributed by atoms with E-state index in [0.29, 0.717) is 0 Å². The normalized spacial score (nSPS) is 12.9. The van der Waals surface area contributed by atoms with Gasteiger partial charge in [0, 0.05) is 0 Å². The molecule has 140 valence electrons. The molecule has 0 radical (unpaired) electrons. The van der Waals surface area contributed by atoms with E-state index in [1.165, 1.54) is 42.3 Å². The second-order valence-electron chi connectivity index (χ2n) is 7.12. The molecule has 0 N–H and O–H groups in total. The molecule has 0 saturated heterocycles. The Kier molecular flexibility index (Phi) is 5.12. The Labute approximate surface area is 183 Å². The standard InChI is InChI=1S/C27H19ClSe/c28-22-14-16-23(17-15-22)29-27-25-13-7-5-11-21(25)18-20-10-4-6-12-24(20)26(27)19-8-2-1-3-9-19/h1-17H,18H2. The van der Waals surface area contributed by atoms with E-state index in [9.17, 15) is 0 Å². The van der Waals surface area contributed by atoms with Gasteiger partial charge in [-0.25, -0.2) is 0 Å². The Morgan fingerprint density at radius 1 is 0.586 bits per heavy atom. The zero-order valence-corrected chi connectivity index (χ0v) is 18.3. The average molecular weight is 458 g/mol. The van der Waals surface area contributed by atoms with E-state index in [-0.39, 0.29) is 15.0 Å². The third kappa shape index (κ3) is 3.70. The Morgan fingerprint density at radius 3 is 1.90 bits per heavy atom. The Hall–Kier alpha value is -2.57. The molecule has 0 saturated carbocycles. The molecule has 0 aliphatic heterocycles. The van der Waals surface area contributed by atoms with Gasteiger partial charge in [-0.3, -0.25) is 0 Å². The van der Waals surface area contributed by atoms with Crippen molar-refractivity contribution in [2.24, 2.45) is 0 Å².